The number of halogens is 1. The molecule has 0 saturated heterocycles. The molecule has 3 N–H and O–H groups in total. The van der Waals surface area contributed by atoms with Crippen molar-refractivity contribution in [3.05, 3.63) is 23.5 Å². The van der Waals surface area contributed by atoms with E-state index in [0.717, 1.165) is 6.07 Å². The monoisotopic (exact) mass is 304 g/mol. The van der Waals surface area contributed by atoms with Crippen molar-refractivity contribution in [2.24, 2.45) is 5.73 Å². The van der Waals surface area contributed by atoms with Crippen molar-refractivity contribution in [3.8, 4) is 5.75 Å². The Bertz CT molecular complexity index is 591. The van der Waals surface area contributed by atoms with Gasteiger partial charge in [-0.1, -0.05) is 0 Å². The highest BCUT2D eigenvalue weighted by Crippen LogP contribution is 2.36. The number of benzene rings is 1. The fraction of sp³-hybridized carbons (Fsp3) is 0.500. The summed E-state index contributed by atoms with van der Waals surface area (Å²) in [5.41, 5.74) is 6.25. The third-order valence-corrected chi connectivity index (χ3v) is 4.48. The van der Waals surface area contributed by atoms with Crippen LogP contribution in [0.1, 0.15) is 18.0 Å². The van der Waals surface area contributed by atoms with Gasteiger partial charge >= 0.3 is 0 Å². The van der Waals surface area contributed by atoms with Gasteiger partial charge in [-0.05, 0) is 12.1 Å². The standard InChI is InChI=1S/C12H17FN2O4S/c1-18-5-3-15-20(16,17)11-7-8(13)6-9-10(14)2-4-19-12(9)11/h6-7,10,15H,2-5,14H2,1H3. The summed E-state index contributed by atoms with van der Waals surface area (Å²) in [7, 11) is -2.41. The molecular formula is C12H17FN2O4S. The Morgan fingerprint density at radius 1 is 1.55 bits per heavy atom. The quantitative estimate of drug-likeness (QED) is 0.775. The van der Waals surface area contributed by atoms with E-state index < -0.39 is 21.9 Å². The Labute approximate surface area is 117 Å². The molecule has 0 radical (unpaired) electrons. The van der Waals surface area contributed by atoms with Crippen molar-refractivity contribution >= 4 is 10.0 Å². The molecule has 1 aliphatic rings. The molecule has 0 bridgehead atoms. The van der Waals surface area contributed by atoms with E-state index >= 15 is 0 Å². The highest BCUT2D eigenvalue weighted by atomic mass is 32.2. The first-order valence-corrected chi connectivity index (χ1v) is 7.64. The highest BCUT2D eigenvalue weighted by Gasteiger charge is 2.28. The predicted octanol–water partition coefficient (Wildman–Crippen LogP) is 0.533. The minimum absolute atomic E-state index is 0.0934. The Morgan fingerprint density at radius 2 is 2.30 bits per heavy atom. The molecule has 0 aliphatic carbocycles. The maximum absolute atomic E-state index is 13.6. The molecule has 0 amide bonds. The summed E-state index contributed by atoms with van der Waals surface area (Å²) >= 11 is 0. The van der Waals surface area contributed by atoms with Crippen LogP contribution in [-0.4, -0.2) is 35.3 Å². The van der Waals surface area contributed by atoms with Crippen molar-refractivity contribution in [3.63, 3.8) is 0 Å². The Hall–Kier alpha value is -1.22. The molecule has 1 atom stereocenters. The Balaban J connectivity index is 2.41. The van der Waals surface area contributed by atoms with Gasteiger partial charge in [0.15, 0.2) is 0 Å². The zero-order valence-corrected chi connectivity index (χ0v) is 11.9. The van der Waals surface area contributed by atoms with Crippen LogP contribution >= 0.6 is 0 Å². The summed E-state index contributed by atoms with van der Waals surface area (Å²) in [4.78, 5) is -0.223. The number of fused-ring (bicyclic) bond motifs is 1. The molecule has 112 valence electrons. The molecule has 1 aliphatic heterocycles. The van der Waals surface area contributed by atoms with Gasteiger partial charge in [-0.15, -0.1) is 0 Å². The minimum Gasteiger partial charge on any atom is -0.492 e. The molecule has 6 nitrogen and oxygen atoms in total. The lowest BCUT2D eigenvalue weighted by Gasteiger charge is -2.25. The van der Waals surface area contributed by atoms with Crippen molar-refractivity contribution in [2.75, 3.05) is 26.9 Å². The van der Waals surface area contributed by atoms with Gasteiger partial charge in [-0.25, -0.2) is 17.5 Å². The number of nitrogens with two attached hydrogens (primary N) is 1. The van der Waals surface area contributed by atoms with E-state index in [1.54, 1.807) is 0 Å². The van der Waals surface area contributed by atoms with Gasteiger partial charge < -0.3 is 15.2 Å². The normalized spacial score (nSPS) is 18.4. The maximum atomic E-state index is 13.6. The summed E-state index contributed by atoms with van der Waals surface area (Å²) in [6, 6.07) is 1.72. The summed E-state index contributed by atoms with van der Waals surface area (Å²) in [6.07, 6.45) is 0.521. The molecule has 0 spiro atoms. The number of rotatable bonds is 5. The van der Waals surface area contributed by atoms with E-state index in [2.05, 4.69) is 4.72 Å². The van der Waals surface area contributed by atoms with Crippen LogP contribution in [0.15, 0.2) is 17.0 Å². The lowest BCUT2D eigenvalue weighted by Crippen LogP contribution is -2.29. The van der Waals surface area contributed by atoms with E-state index in [1.807, 2.05) is 0 Å². The highest BCUT2D eigenvalue weighted by molar-refractivity contribution is 7.89. The summed E-state index contributed by atoms with van der Waals surface area (Å²) in [6.45, 7) is 0.619. The molecule has 0 fully saturated rings. The molecule has 2 rings (SSSR count). The topological polar surface area (TPSA) is 90.6 Å². The van der Waals surface area contributed by atoms with Crippen molar-refractivity contribution in [2.45, 2.75) is 17.4 Å². The van der Waals surface area contributed by atoms with Crippen LogP contribution in [0.4, 0.5) is 4.39 Å². The van der Waals surface area contributed by atoms with E-state index in [4.69, 9.17) is 15.2 Å². The van der Waals surface area contributed by atoms with Gasteiger partial charge in [0.25, 0.3) is 0 Å². The van der Waals surface area contributed by atoms with Gasteiger partial charge in [0, 0.05) is 31.7 Å². The van der Waals surface area contributed by atoms with Crippen LogP contribution in [0, 0.1) is 5.82 Å². The minimum atomic E-state index is -3.87. The van der Waals surface area contributed by atoms with Gasteiger partial charge in [-0.2, -0.15) is 0 Å². The lowest BCUT2D eigenvalue weighted by molar-refractivity contribution is 0.204. The van der Waals surface area contributed by atoms with E-state index in [1.165, 1.54) is 13.2 Å². The number of hydrogen-bond donors (Lipinski definition) is 2. The maximum Gasteiger partial charge on any atom is 0.244 e. The SMILES string of the molecule is COCCNS(=O)(=O)c1cc(F)cc2c1OCCC2N. The van der Waals surface area contributed by atoms with Crippen LogP contribution in [0.25, 0.3) is 0 Å². The van der Waals surface area contributed by atoms with E-state index in [-0.39, 0.29) is 23.8 Å². The second kappa shape index (κ2) is 6.04. The smallest absolute Gasteiger partial charge is 0.244 e. The summed E-state index contributed by atoms with van der Waals surface area (Å²) < 4.78 is 50.5. The first-order chi connectivity index (χ1) is 9.45. The molecule has 0 aromatic heterocycles. The van der Waals surface area contributed by atoms with E-state index in [9.17, 15) is 12.8 Å². The number of nitrogens with one attached hydrogen (secondary N) is 1. The third kappa shape index (κ3) is 3.09. The zero-order valence-electron chi connectivity index (χ0n) is 11.1. The van der Waals surface area contributed by atoms with Crippen LogP contribution in [-0.2, 0) is 14.8 Å². The molecule has 1 heterocycles. The number of methoxy groups -OCH3 is 1. The van der Waals surface area contributed by atoms with Crippen molar-refractivity contribution < 1.29 is 22.3 Å². The number of hydrogen-bond acceptors (Lipinski definition) is 5. The Morgan fingerprint density at radius 3 is 3.00 bits per heavy atom. The molecular weight excluding hydrogens is 287 g/mol. The van der Waals surface area contributed by atoms with Gasteiger partial charge in [0.05, 0.1) is 13.2 Å². The molecule has 1 aromatic carbocycles. The fourth-order valence-corrected chi connectivity index (χ4v) is 3.21. The molecule has 1 unspecified atom stereocenters. The molecule has 8 heteroatoms. The van der Waals surface area contributed by atoms with Gasteiger partial charge in [0.1, 0.15) is 16.5 Å². The van der Waals surface area contributed by atoms with Gasteiger partial charge in [0.2, 0.25) is 10.0 Å². The van der Waals surface area contributed by atoms with Crippen LogP contribution < -0.4 is 15.2 Å². The van der Waals surface area contributed by atoms with Crippen LogP contribution in [0.3, 0.4) is 0 Å². The zero-order chi connectivity index (χ0) is 14.8. The predicted molar refractivity (Wildman–Crippen MR) is 70.5 cm³/mol. The second-order valence-corrected chi connectivity index (χ2v) is 6.19. The summed E-state index contributed by atoms with van der Waals surface area (Å²) in [5, 5.41) is 0. The average molecular weight is 304 g/mol. The average Bonchev–Trinajstić information content (AvgIpc) is 2.39. The van der Waals surface area contributed by atoms with Gasteiger partial charge in [-0.3, -0.25) is 0 Å². The first-order valence-electron chi connectivity index (χ1n) is 6.16. The number of sulfonamides is 1. The fourth-order valence-electron chi connectivity index (χ4n) is 2.02. The third-order valence-electron chi connectivity index (χ3n) is 3.01. The number of ether oxygens (including phenoxy) is 2. The van der Waals surface area contributed by atoms with Crippen LogP contribution in [0.5, 0.6) is 5.75 Å². The molecule has 0 saturated carbocycles. The molecule has 20 heavy (non-hydrogen) atoms. The van der Waals surface area contributed by atoms with Crippen molar-refractivity contribution in [1.29, 1.82) is 0 Å². The van der Waals surface area contributed by atoms with E-state index in [0.29, 0.717) is 18.6 Å². The molecule has 1 aromatic rings. The first kappa shape index (κ1) is 15.2. The Kier molecular flexibility index (Phi) is 4.59. The largest absolute Gasteiger partial charge is 0.492 e. The lowest BCUT2D eigenvalue weighted by atomic mass is 10.0. The van der Waals surface area contributed by atoms with Crippen LogP contribution in [0.2, 0.25) is 0 Å². The van der Waals surface area contributed by atoms with Crippen molar-refractivity contribution in [1.82, 2.24) is 4.72 Å². The second-order valence-electron chi connectivity index (χ2n) is 4.46. The summed E-state index contributed by atoms with van der Waals surface area (Å²) in [5.74, 6) is -0.521.